The Bertz CT molecular complexity index is 632. The topological polar surface area (TPSA) is 93.1 Å². The van der Waals surface area contributed by atoms with E-state index in [4.69, 9.17) is 9.47 Å². The van der Waals surface area contributed by atoms with Crippen molar-refractivity contribution in [2.24, 2.45) is 35.0 Å². The minimum absolute atomic E-state index is 0.0589. The lowest BCUT2D eigenvalue weighted by Crippen LogP contribution is -2.48. The number of fused-ring (bicyclic) bond motifs is 1. The molecule has 192 valence electrons. The van der Waals surface area contributed by atoms with Crippen molar-refractivity contribution in [2.75, 3.05) is 6.61 Å². The van der Waals surface area contributed by atoms with Crippen LogP contribution in [0.2, 0.25) is 0 Å². The van der Waals surface area contributed by atoms with Crippen molar-refractivity contribution < 1.29 is 29.3 Å². The second-order valence-electron chi connectivity index (χ2n) is 11.4. The van der Waals surface area contributed by atoms with Crippen molar-refractivity contribution in [3.05, 3.63) is 0 Å². The van der Waals surface area contributed by atoms with Crippen molar-refractivity contribution in [2.45, 2.75) is 118 Å². The van der Waals surface area contributed by atoms with Crippen molar-refractivity contribution in [1.29, 1.82) is 0 Å². The van der Waals surface area contributed by atoms with Crippen LogP contribution in [0.15, 0.2) is 0 Å². The Hall–Kier alpha value is -1.14. The molecule has 0 aliphatic heterocycles. The summed E-state index contributed by atoms with van der Waals surface area (Å²) in [6, 6.07) is 0. The van der Waals surface area contributed by atoms with Gasteiger partial charge in [-0.05, 0) is 89.4 Å². The molecule has 0 aromatic heterocycles. The molecule has 0 amide bonds. The summed E-state index contributed by atoms with van der Waals surface area (Å²) in [5.41, 5.74) is -0.475. The molecule has 2 aliphatic rings. The Labute approximate surface area is 200 Å². The molecule has 0 spiro atoms. The molecule has 0 bridgehead atoms. The number of carbonyl (C=O) groups excluding carboxylic acids is 2. The first-order chi connectivity index (χ1) is 15.5. The molecular weight excluding hydrogens is 420 g/mol. The lowest BCUT2D eigenvalue weighted by atomic mass is 9.58. The van der Waals surface area contributed by atoms with Gasteiger partial charge in [-0.2, -0.15) is 0 Å². The second kappa shape index (κ2) is 12.5. The lowest BCUT2D eigenvalue weighted by Gasteiger charge is -2.50. The van der Waals surface area contributed by atoms with Crippen molar-refractivity contribution in [3.8, 4) is 0 Å². The summed E-state index contributed by atoms with van der Waals surface area (Å²) in [6.45, 7) is 12.5. The summed E-state index contributed by atoms with van der Waals surface area (Å²) in [5, 5.41) is 20.7. The fourth-order valence-corrected chi connectivity index (χ4v) is 5.99. The van der Waals surface area contributed by atoms with Crippen LogP contribution in [-0.2, 0) is 19.1 Å². The van der Waals surface area contributed by atoms with Crippen LogP contribution in [-0.4, -0.2) is 47.1 Å². The first kappa shape index (κ1) is 28.1. The van der Waals surface area contributed by atoms with Crippen LogP contribution in [0, 0.1) is 35.0 Å². The second-order valence-corrected chi connectivity index (χ2v) is 11.4. The number of esters is 2. The average Bonchev–Trinajstić information content (AvgIpc) is 2.72. The van der Waals surface area contributed by atoms with E-state index in [9.17, 15) is 19.8 Å². The van der Waals surface area contributed by atoms with Gasteiger partial charge in [-0.25, -0.2) is 0 Å². The standard InChI is InChI=1S/C27H48O6/c1-7-27(5,6)26(31)33-23-14-17(3)13-19-10-9-18(4)22(25(19)23)12-11-20(28)15-21(29)16-24(30)32-8-2/h17-23,25,28-29H,7-16H2,1-6H3/t17-,18-,19-,20+,21+,22-,23-,25-/m0/s1. The molecular formula is C27H48O6. The van der Waals surface area contributed by atoms with Crippen LogP contribution in [0.1, 0.15) is 99.3 Å². The monoisotopic (exact) mass is 468 g/mol. The smallest absolute Gasteiger partial charge is 0.311 e. The van der Waals surface area contributed by atoms with Crippen molar-refractivity contribution >= 4 is 11.9 Å². The number of rotatable bonds is 11. The van der Waals surface area contributed by atoms with Gasteiger partial charge in [0.2, 0.25) is 0 Å². The van der Waals surface area contributed by atoms with E-state index in [1.165, 1.54) is 19.3 Å². The molecule has 8 atom stereocenters. The fraction of sp³-hybridized carbons (Fsp3) is 0.926. The average molecular weight is 469 g/mol. The van der Waals surface area contributed by atoms with E-state index in [1.807, 2.05) is 20.8 Å². The number of carbonyl (C=O) groups is 2. The van der Waals surface area contributed by atoms with Crippen molar-refractivity contribution in [1.82, 2.24) is 0 Å². The maximum absolute atomic E-state index is 12.9. The molecule has 6 heteroatoms. The minimum atomic E-state index is -0.893. The van der Waals surface area contributed by atoms with Gasteiger partial charge in [0, 0.05) is 5.92 Å². The summed E-state index contributed by atoms with van der Waals surface area (Å²) in [6.07, 6.45) is 5.09. The highest BCUT2D eigenvalue weighted by molar-refractivity contribution is 5.76. The van der Waals surface area contributed by atoms with Crippen LogP contribution in [0.4, 0.5) is 0 Å². The summed E-state index contributed by atoms with van der Waals surface area (Å²) >= 11 is 0. The van der Waals surface area contributed by atoms with Gasteiger partial charge < -0.3 is 19.7 Å². The van der Waals surface area contributed by atoms with E-state index < -0.39 is 23.6 Å². The van der Waals surface area contributed by atoms with Gasteiger partial charge in [-0.1, -0.05) is 27.2 Å². The van der Waals surface area contributed by atoms with E-state index in [0.717, 1.165) is 19.3 Å². The SMILES string of the molecule is CCOC(=O)C[C@H](O)C[C@H](O)CC[C@@H]1[C@@H]2[C@@H](CC[C@@H]1C)C[C@H](C)C[C@@H]2OC(=O)C(C)(C)CC. The number of ether oxygens (including phenoxy) is 2. The quantitative estimate of drug-likeness (QED) is 0.420. The third-order valence-corrected chi connectivity index (χ3v) is 8.31. The van der Waals surface area contributed by atoms with E-state index in [-0.39, 0.29) is 31.5 Å². The van der Waals surface area contributed by atoms with Gasteiger partial charge in [-0.15, -0.1) is 0 Å². The van der Waals surface area contributed by atoms with Gasteiger partial charge in [0.25, 0.3) is 0 Å². The summed E-state index contributed by atoms with van der Waals surface area (Å²) in [7, 11) is 0. The van der Waals surface area contributed by atoms with Gasteiger partial charge >= 0.3 is 11.9 Å². The maximum Gasteiger partial charge on any atom is 0.311 e. The molecule has 6 nitrogen and oxygen atoms in total. The molecule has 33 heavy (non-hydrogen) atoms. The Kier molecular flexibility index (Phi) is 10.7. The van der Waals surface area contributed by atoms with Crippen LogP contribution < -0.4 is 0 Å². The van der Waals surface area contributed by atoms with Crippen LogP contribution >= 0.6 is 0 Å². The molecule has 2 aliphatic carbocycles. The molecule has 2 rings (SSSR count). The summed E-state index contributed by atoms with van der Waals surface area (Å²) in [5.74, 6) is 1.81. The first-order valence-corrected chi connectivity index (χ1v) is 13.2. The zero-order chi connectivity index (χ0) is 24.8. The Morgan fingerprint density at radius 1 is 1.06 bits per heavy atom. The predicted molar refractivity (Wildman–Crippen MR) is 128 cm³/mol. The number of aliphatic hydroxyl groups is 2. The molecule has 0 saturated heterocycles. The van der Waals surface area contributed by atoms with E-state index in [0.29, 0.717) is 36.0 Å². The molecule has 0 heterocycles. The number of hydrogen-bond acceptors (Lipinski definition) is 6. The highest BCUT2D eigenvalue weighted by Crippen LogP contribution is 2.50. The Morgan fingerprint density at radius 2 is 1.76 bits per heavy atom. The van der Waals surface area contributed by atoms with Crippen molar-refractivity contribution in [3.63, 3.8) is 0 Å². The first-order valence-electron chi connectivity index (χ1n) is 13.2. The maximum atomic E-state index is 12.9. The third-order valence-electron chi connectivity index (χ3n) is 8.31. The number of hydrogen-bond donors (Lipinski definition) is 2. The molecule has 0 aromatic rings. The highest BCUT2D eigenvalue weighted by atomic mass is 16.5. The zero-order valence-electron chi connectivity index (χ0n) is 21.7. The minimum Gasteiger partial charge on any atom is -0.466 e. The predicted octanol–water partition coefficient (Wildman–Crippen LogP) is 4.89. The fourth-order valence-electron chi connectivity index (χ4n) is 5.99. The lowest BCUT2D eigenvalue weighted by molar-refractivity contribution is -0.173. The van der Waals surface area contributed by atoms with Crippen LogP contribution in [0.3, 0.4) is 0 Å². The molecule has 2 N–H and O–H groups in total. The van der Waals surface area contributed by atoms with E-state index in [1.54, 1.807) is 6.92 Å². The summed E-state index contributed by atoms with van der Waals surface area (Å²) < 4.78 is 11.1. The van der Waals surface area contributed by atoms with Gasteiger partial charge in [0.15, 0.2) is 0 Å². The van der Waals surface area contributed by atoms with Gasteiger partial charge in [0.1, 0.15) is 6.10 Å². The zero-order valence-corrected chi connectivity index (χ0v) is 21.7. The molecule has 2 fully saturated rings. The van der Waals surface area contributed by atoms with Gasteiger partial charge in [-0.3, -0.25) is 9.59 Å². The van der Waals surface area contributed by atoms with E-state index >= 15 is 0 Å². The third kappa shape index (κ3) is 7.95. The van der Waals surface area contributed by atoms with Gasteiger partial charge in [0.05, 0.1) is 30.7 Å². The van der Waals surface area contributed by atoms with Crippen LogP contribution in [0.5, 0.6) is 0 Å². The Morgan fingerprint density at radius 3 is 2.39 bits per heavy atom. The van der Waals surface area contributed by atoms with E-state index in [2.05, 4.69) is 13.8 Å². The number of aliphatic hydroxyl groups excluding tert-OH is 2. The molecule has 0 unspecified atom stereocenters. The largest absolute Gasteiger partial charge is 0.466 e. The Balaban J connectivity index is 2.03. The highest BCUT2D eigenvalue weighted by Gasteiger charge is 2.47. The molecule has 0 aromatic carbocycles. The molecule has 0 radical (unpaired) electrons. The summed E-state index contributed by atoms with van der Waals surface area (Å²) in [4.78, 5) is 24.5. The molecule has 2 saturated carbocycles. The van der Waals surface area contributed by atoms with Crippen LogP contribution in [0.25, 0.3) is 0 Å². The normalized spacial score (nSPS) is 31.9.